The maximum atomic E-state index is 13.2. The summed E-state index contributed by atoms with van der Waals surface area (Å²) in [5.74, 6) is -1.00. The van der Waals surface area contributed by atoms with E-state index in [0.29, 0.717) is 33.8 Å². The van der Waals surface area contributed by atoms with Gasteiger partial charge in [-0.25, -0.2) is 4.79 Å². The molecule has 4 rings (SSSR count). The quantitative estimate of drug-likeness (QED) is 0.586. The van der Waals surface area contributed by atoms with Gasteiger partial charge in [0.15, 0.2) is 0 Å². The zero-order chi connectivity index (χ0) is 22.0. The monoisotopic (exact) mass is 419 g/mol. The molecule has 1 aliphatic rings. The summed E-state index contributed by atoms with van der Waals surface area (Å²) in [6, 6.07) is 12.7. The number of rotatable bonds is 5. The number of para-hydroxylation sites is 1. The molecule has 1 saturated carbocycles. The fourth-order valence-corrected chi connectivity index (χ4v) is 4.12. The van der Waals surface area contributed by atoms with E-state index in [2.05, 4.69) is 10.6 Å². The van der Waals surface area contributed by atoms with Crippen LogP contribution in [0.4, 0.5) is 11.4 Å². The van der Waals surface area contributed by atoms with Crippen molar-refractivity contribution in [3.63, 3.8) is 0 Å². The van der Waals surface area contributed by atoms with Gasteiger partial charge in [-0.3, -0.25) is 14.2 Å². The number of fused-ring (bicyclic) bond motifs is 1. The molecule has 1 heterocycles. The van der Waals surface area contributed by atoms with Crippen molar-refractivity contribution in [1.29, 1.82) is 0 Å². The van der Waals surface area contributed by atoms with E-state index < -0.39 is 5.97 Å². The number of hydrogen-bond donors (Lipinski definition) is 2. The summed E-state index contributed by atoms with van der Waals surface area (Å²) in [4.78, 5) is 37.3. The Morgan fingerprint density at radius 3 is 2.48 bits per heavy atom. The Morgan fingerprint density at radius 2 is 1.77 bits per heavy atom. The third kappa shape index (κ3) is 4.17. The van der Waals surface area contributed by atoms with Gasteiger partial charge >= 0.3 is 5.97 Å². The predicted molar refractivity (Wildman–Crippen MR) is 120 cm³/mol. The molecule has 7 heteroatoms. The van der Waals surface area contributed by atoms with Gasteiger partial charge in [-0.2, -0.15) is 0 Å². The van der Waals surface area contributed by atoms with E-state index >= 15 is 0 Å². The van der Waals surface area contributed by atoms with Crippen molar-refractivity contribution in [2.75, 3.05) is 17.7 Å². The van der Waals surface area contributed by atoms with Crippen LogP contribution in [0.25, 0.3) is 10.9 Å². The number of benzene rings is 2. The summed E-state index contributed by atoms with van der Waals surface area (Å²) >= 11 is 0. The normalized spacial score (nSPS) is 13.9. The second-order valence-corrected chi connectivity index (χ2v) is 7.78. The van der Waals surface area contributed by atoms with Crippen molar-refractivity contribution in [2.24, 2.45) is 0 Å². The minimum absolute atomic E-state index is 0.175. The Labute approximate surface area is 180 Å². The van der Waals surface area contributed by atoms with Crippen molar-refractivity contribution in [3.8, 4) is 0 Å². The molecule has 0 unspecified atom stereocenters. The maximum Gasteiger partial charge on any atom is 0.337 e. The SMILES string of the molecule is COC(=O)c1ccc(NC2CCCC2)c(NC(=O)c2cn(C(C)=O)c3ccccc23)c1. The first-order valence-electron chi connectivity index (χ1n) is 10.4. The average molecular weight is 419 g/mol. The summed E-state index contributed by atoms with van der Waals surface area (Å²) in [6.07, 6.45) is 6.03. The first-order valence-corrected chi connectivity index (χ1v) is 10.4. The number of carbonyl (C=O) groups is 3. The van der Waals surface area contributed by atoms with Gasteiger partial charge in [0.2, 0.25) is 5.91 Å². The van der Waals surface area contributed by atoms with Crippen LogP contribution in [0, 0.1) is 0 Å². The molecule has 0 spiro atoms. The summed E-state index contributed by atoms with van der Waals surface area (Å²) in [7, 11) is 1.32. The van der Waals surface area contributed by atoms with Crippen LogP contribution in [0.15, 0.2) is 48.7 Å². The van der Waals surface area contributed by atoms with Crippen LogP contribution >= 0.6 is 0 Å². The number of ether oxygens (including phenoxy) is 1. The average Bonchev–Trinajstić information content (AvgIpc) is 3.42. The van der Waals surface area contributed by atoms with Crippen LogP contribution in [-0.2, 0) is 4.74 Å². The highest BCUT2D eigenvalue weighted by Crippen LogP contribution is 2.30. The number of nitrogens with zero attached hydrogens (tertiary/aromatic N) is 1. The van der Waals surface area contributed by atoms with Gasteiger partial charge in [0.1, 0.15) is 0 Å². The topological polar surface area (TPSA) is 89.4 Å². The highest BCUT2D eigenvalue weighted by atomic mass is 16.5. The van der Waals surface area contributed by atoms with Crippen LogP contribution < -0.4 is 10.6 Å². The number of methoxy groups -OCH3 is 1. The third-order valence-electron chi connectivity index (χ3n) is 5.70. The molecule has 0 atom stereocenters. The molecule has 2 aromatic carbocycles. The van der Waals surface area contributed by atoms with E-state index in [1.165, 1.54) is 31.4 Å². The van der Waals surface area contributed by atoms with E-state index in [9.17, 15) is 14.4 Å². The minimum Gasteiger partial charge on any atom is -0.465 e. The summed E-state index contributed by atoms with van der Waals surface area (Å²) in [5, 5.41) is 7.10. The molecule has 1 fully saturated rings. The number of esters is 1. The molecule has 160 valence electrons. The van der Waals surface area contributed by atoms with E-state index in [1.54, 1.807) is 30.5 Å². The van der Waals surface area contributed by atoms with Gasteiger partial charge in [-0.15, -0.1) is 0 Å². The lowest BCUT2D eigenvalue weighted by molar-refractivity contribution is 0.0600. The standard InChI is InChI=1S/C24H25N3O4/c1-15(28)27-14-19(18-9-5-6-10-22(18)27)23(29)26-21-13-16(24(30)31-2)11-12-20(21)25-17-7-3-4-8-17/h5-6,9-14,17,25H,3-4,7-8H2,1-2H3,(H,26,29). The highest BCUT2D eigenvalue weighted by molar-refractivity contribution is 6.15. The van der Waals surface area contributed by atoms with Crippen molar-refractivity contribution < 1.29 is 19.1 Å². The smallest absolute Gasteiger partial charge is 0.337 e. The molecule has 2 N–H and O–H groups in total. The Morgan fingerprint density at radius 1 is 1.03 bits per heavy atom. The van der Waals surface area contributed by atoms with Crippen molar-refractivity contribution in [3.05, 3.63) is 59.8 Å². The number of hydrogen-bond acceptors (Lipinski definition) is 5. The lowest BCUT2D eigenvalue weighted by Gasteiger charge is -2.18. The van der Waals surface area contributed by atoms with Crippen molar-refractivity contribution in [1.82, 2.24) is 4.57 Å². The summed E-state index contributed by atoms with van der Waals surface area (Å²) < 4.78 is 6.29. The maximum absolute atomic E-state index is 13.2. The van der Waals surface area contributed by atoms with Crippen LogP contribution in [0.1, 0.15) is 58.1 Å². The second kappa shape index (κ2) is 8.63. The van der Waals surface area contributed by atoms with Crippen LogP contribution in [0.2, 0.25) is 0 Å². The van der Waals surface area contributed by atoms with Gasteiger partial charge in [0.25, 0.3) is 5.91 Å². The van der Waals surface area contributed by atoms with Gasteiger partial charge in [0.05, 0.1) is 35.1 Å². The second-order valence-electron chi connectivity index (χ2n) is 7.78. The Bertz CT molecular complexity index is 1160. The fraction of sp³-hybridized carbons (Fsp3) is 0.292. The Balaban J connectivity index is 1.70. The zero-order valence-corrected chi connectivity index (χ0v) is 17.6. The first kappa shape index (κ1) is 20.7. The third-order valence-corrected chi connectivity index (χ3v) is 5.70. The number of amides is 1. The molecule has 7 nitrogen and oxygen atoms in total. The number of nitrogens with one attached hydrogen (secondary N) is 2. The molecular formula is C24H25N3O4. The van der Waals surface area contributed by atoms with Gasteiger partial charge in [-0.05, 0) is 37.1 Å². The molecule has 0 radical (unpaired) electrons. The zero-order valence-electron chi connectivity index (χ0n) is 17.6. The van der Waals surface area contributed by atoms with E-state index in [-0.39, 0.29) is 11.8 Å². The predicted octanol–water partition coefficient (Wildman–Crippen LogP) is 4.69. The number of carbonyl (C=O) groups excluding carboxylic acids is 3. The van der Waals surface area contributed by atoms with Crippen LogP contribution in [0.3, 0.4) is 0 Å². The number of anilines is 2. The molecule has 1 amide bonds. The molecule has 1 aromatic heterocycles. The molecule has 3 aromatic rings. The molecular weight excluding hydrogens is 394 g/mol. The van der Waals surface area contributed by atoms with Gasteiger partial charge in [-0.1, -0.05) is 31.0 Å². The Hall–Kier alpha value is -3.61. The number of aromatic nitrogens is 1. The molecule has 0 aliphatic heterocycles. The van der Waals surface area contributed by atoms with Crippen molar-refractivity contribution >= 4 is 40.1 Å². The van der Waals surface area contributed by atoms with Crippen LogP contribution in [0.5, 0.6) is 0 Å². The Kier molecular flexibility index (Phi) is 5.75. The van der Waals surface area contributed by atoms with E-state index in [0.717, 1.165) is 18.5 Å². The van der Waals surface area contributed by atoms with Crippen LogP contribution in [-0.4, -0.2) is 35.5 Å². The van der Waals surface area contributed by atoms with E-state index in [1.807, 2.05) is 18.2 Å². The van der Waals surface area contributed by atoms with Gasteiger partial charge < -0.3 is 15.4 Å². The largest absolute Gasteiger partial charge is 0.465 e. The lowest BCUT2D eigenvalue weighted by atomic mass is 10.1. The molecule has 1 aliphatic carbocycles. The van der Waals surface area contributed by atoms with E-state index in [4.69, 9.17) is 4.74 Å². The summed E-state index contributed by atoms with van der Waals surface area (Å²) in [5.41, 5.74) is 2.66. The molecule has 0 saturated heterocycles. The fourth-order valence-electron chi connectivity index (χ4n) is 4.12. The van der Waals surface area contributed by atoms with Gasteiger partial charge in [0, 0.05) is 24.5 Å². The highest BCUT2D eigenvalue weighted by Gasteiger charge is 2.21. The minimum atomic E-state index is -0.476. The summed E-state index contributed by atoms with van der Waals surface area (Å²) in [6.45, 7) is 1.46. The van der Waals surface area contributed by atoms with Crippen molar-refractivity contribution in [2.45, 2.75) is 38.6 Å². The molecule has 0 bridgehead atoms. The first-order chi connectivity index (χ1) is 15.0. The lowest BCUT2D eigenvalue weighted by Crippen LogP contribution is -2.19. The molecule has 31 heavy (non-hydrogen) atoms.